The van der Waals surface area contributed by atoms with Crippen LogP contribution >= 0.6 is 11.3 Å². The largest absolute Gasteiger partial charge is 0.496 e. The van der Waals surface area contributed by atoms with Crippen molar-refractivity contribution < 1.29 is 9.13 Å². The first-order chi connectivity index (χ1) is 8.60. The van der Waals surface area contributed by atoms with Crippen molar-refractivity contribution in [3.05, 3.63) is 34.5 Å². The van der Waals surface area contributed by atoms with Crippen LogP contribution in [-0.4, -0.2) is 7.11 Å². The summed E-state index contributed by atoms with van der Waals surface area (Å²) in [6.07, 6.45) is 0. The summed E-state index contributed by atoms with van der Waals surface area (Å²) in [5, 5.41) is 8.95. The highest BCUT2D eigenvalue weighted by Gasteiger charge is 2.19. The van der Waals surface area contributed by atoms with E-state index in [1.54, 1.807) is 19.1 Å². The van der Waals surface area contributed by atoms with Gasteiger partial charge in [0.2, 0.25) is 0 Å². The van der Waals surface area contributed by atoms with E-state index < -0.39 is 0 Å². The number of anilines is 1. The number of nitrogen functional groups attached to an aromatic ring is 1. The quantitative estimate of drug-likeness (QED) is 0.903. The molecule has 3 nitrogen and oxygen atoms in total. The van der Waals surface area contributed by atoms with Crippen molar-refractivity contribution in [1.29, 1.82) is 5.26 Å². The molecule has 2 N–H and O–H groups in total. The number of hydrogen-bond donors (Lipinski definition) is 1. The van der Waals surface area contributed by atoms with E-state index in [9.17, 15) is 4.39 Å². The molecule has 1 heterocycles. The number of methoxy groups -OCH3 is 1. The van der Waals surface area contributed by atoms with Crippen molar-refractivity contribution in [2.45, 2.75) is 6.92 Å². The van der Waals surface area contributed by atoms with E-state index in [4.69, 9.17) is 15.7 Å². The van der Waals surface area contributed by atoms with Gasteiger partial charge in [-0.3, -0.25) is 0 Å². The van der Waals surface area contributed by atoms with Crippen LogP contribution in [0, 0.1) is 24.1 Å². The highest BCUT2D eigenvalue weighted by molar-refractivity contribution is 7.16. The number of benzene rings is 1. The summed E-state index contributed by atoms with van der Waals surface area (Å²) in [5.41, 5.74) is 7.29. The molecule has 1 aromatic heterocycles. The molecule has 2 rings (SSSR count). The van der Waals surface area contributed by atoms with Crippen LogP contribution in [0.15, 0.2) is 18.2 Å². The lowest BCUT2D eigenvalue weighted by molar-refractivity contribution is 0.413. The monoisotopic (exact) mass is 262 g/mol. The molecule has 0 saturated carbocycles. The zero-order chi connectivity index (χ0) is 13.3. The molecule has 0 aliphatic carbocycles. The lowest BCUT2D eigenvalue weighted by Gasteiger charge is -2.08. The molecule has 0 fully saturated rings. The van der Waals surface area contributed by atoms with Crippen molar-refractivity contribution in [3.63, 3.8) is 0 Å². The highest BCUT2D eigenvalue weighted by Crippen LogP contribution is 2.42. The minimum Gasteiger partial charge on any atom is -0.496 e. The summed E-state index contributed by atoms with van der Waals surface area (Å²) in [7, 11) is 1.48. The third-order valence-corrected chi connectivity index (χ3v) is 3.95. The van der Waals surface area contributed by atoms with Gasteiger partial charge in [0.05, 0.1) is 18.4 Å². The van der Waals surface area contributed by atoms with Crippen LogP contribution in [-0.2, 0) is 0 Å². The molecule has 0 aliphatic rings. The second-order valence-corrected chi connectivity index (χ2v) is 4.75. The van der Waals surface area contributed by atoms with E-state index in [0.717, 1.165) is 0 Å². The first kappa shape index (κ1) is 12.4. The van der Waals surface area contributed by atoms with E-state index in [1.807, 2.05) is 6.07 Å². The minimum absolute atomic E-state index is 0.357. The normalized spacial score (nSPS) is 10.1. The molecular formula is C13H11FN2OS. The molecule has 92 valence electrons. The fourth-order valence-electron chi connectivity index (χ4n) is 1.74. The molecule has 18 heavy (non-hydrogen) atoms. The second kappa shape index (κ2) is 4.67. The standard InChI is InChI=1S/C13H11FN2OS/c1-7-12(16)10(6-15)18-13(7)11-8(14)4-3-5-9(11)17-2/h3-5H,16H2,1-2H3. The molecule has 0 saturated heterocycles. The predicted molar refractivity (Wildman–Crippen MR) is 70.1 cm³/mol. The third-order valence-electron chi connectivity index (χ3n) is 2.72. The predicted octanol–water partition coefficient (Wildman–Crippen LogP) is 3.33. The zero-order valence-corrected chi connectivity index (χ0v) is 10.8. The third kappa shape index (κ3) is 1.81. The van der Waals surface area contributed by atoms with Gasteiger partial charge < -0.3 is 10.5 Å². The van der Waals surface area contributed by atoms with Crippen molar-refractivity contribution in [2.75, 3.05) is 12.8 Å². The molecule has 0 aliphatic heterocycles. The first-order valence-corrected chi connectivity index (χ1v) is 6.03. The average Bonchev–Trinajstić information content (AvgIpc) is 2.66. The zero-order valence-electron chi connectivity index (χ0n) is 9.95. The van der Waals surface area contributed by atoms with E-state index in [1.165, 1.54) is 24.5 Å². The van der Waals surface area contributed by atoms with E-state index in [2.05, 4.69) is 0 Å². The Kier molecular flexibility index (Phi) is 3.21. The van der Waals surface area contributed by atoms with Gasteiger partial charge in [-0.25, -0.2) is 4.39 Å². The topological polar surface area (TPSA) is 59.0 Å². The van der Waals surface area contributed by atoms with Crippen molar-refractivity contribution in [2.24, 2.45) is 0 Å². The number of thiophene rings is 1. The van der Waals surface area contributed by atoms with Crippen molar-refractivity contribution in [1.82, 2.24) is 0 Å². The highest BCUT2D eigenvalue weighted by atomic mass is 32.1. The fourth-order valence-corrected chi connectivity index (χ4v) is 2.82. The second-order valence-electron chi connectivity index (χ2n) is 3.73. The molecular weight excluding hydrogens is 251 g/mol. The molecule has 0 atom stereocenters. The van der Waals surface area contributed by atoms with Gasteiger partial charge in [0.1, 0.15) is 22.5 Å². The molecule has 5 heteroatoms. The Labute approximate surface area is 108 Å². The Morgan fingerprint density at radius 1 is 1.44 bits per heavy atom. The Morgan fingerprint density at radius 2 is 2.17 bits per heavy atom. The Morgan fingerprint density at radius 3 is 2.72 bits per heavy atom. The summed E-state index contributed by atoms with van der Waals surface area (Å²) in [6, 6.07) is 6.63. The fraction of sp³-hybridized carbons (Fsp3) is 0.154. The van der Waals surface area contributed by atoms with Crippen LogP contribution in [0.3, 0.4) is 0 Å². The number of nitriles is 1. The lowest BCUT2D eigenvalue weighted by atomic mass is 10.1. The SMILES string of the molecule is COc1cccc(F)c1-c1sc(C#N)c(N)c1C. The molecule has 0 bridgehead atoms. The Bertz CT molecular complexity index is 643. The summed E-state index contributed by atoms with van der Waals surface area (Å²) in [5.74, 6) is 0.0482. The van der Waals surface area contributed by atoms with E-state index in [0.29, 0.717) is 32.3 Å². The maximum absolute atomic E-state index is 14.0. The van der Waals surface area contributed by atoms with E-state index in [-0.39, 0.29) is 5.82 Å². The number of hydrogen-bond acceptors (Lipinski definition) is 4. The van der Waals surface area contributed by atoms with Crippen molar-refractivity contribution in [3.8, 4) is 22.3 Å². The Hall–Kier alpha value is -2.06. The number of nitrogens with two attached hydrogens (primary N) is 1. The van der Waals surface area contributed by atoms with Gasteiger partial charge in [-0.15, -0.1) is 11.3 Å². The number of rotatable bonds is 2. The van der Waals surface area contributed by atoms with Crippen LogP contribution in [0.5, 0.6) is 5.75 Å². The molecule has 0 unspecified atom stereocenters. The van der Waals surface area contributed by atoms with Gasteiger partial charge in [-0.1, -0.05) is 6.07 Å². The summed E-state index contributed by atoms with van der Waals surface area (Å²) < 4.78 is 19.1. The minimum atomic E-state index is -0.386. The lowest BCUT2D eigenvalue weighted by Crippen LogP contribution is -1.92. The van der Waals surface area contributed by atoms with Gasteiger partial charge in [-0.2, -0.15) is 5.26 Å². The molecule has 0 radical (unpaired) electrons. The Balaban J connectivity index is 2.74. The number of ether oxygens (including phenoxy) is 1. The first-order valence-electron chi connectivity index (χ1n) is 5.22. The maximum Gasteiger partial charge on any atom is 0.135 e. The molecule has 2 aromatic rings. The molecule has 0 spiro atoms. The number of halogens is 1. The van der Waals surface area contributed by atoms with Crippen LogP contribution in [0.4, 0.5) is 10.1 Å². The summed E-state index contributed by atoms with van der Waals surface area (Å²) in [4.78, 5) is 1.03. The van der Waals surface area contributed by atoms with E-state index >= 15 is 0 Å². The van der Waals surface area contributed by atoms with Gasteiger partial charge >= 0.3 is 0 Å². The van der Waals surface area contributed by atoms with Gasteiger partial charge in [0.25, 0.3) is 0 Å². The average molecular weight is 262 g/mol. The van der Waals surface area contributed by atoms with Gasteiger partial charge in [-0.05, 0) is 24.6 Å². The molecule has 1 aromatic carbocycles. The maximum atomic E-state index is 14.0. The van der Waals surface area contributed by atoms with Gasteiger partial charge in [0, 0.05) is 4.88 Å². The van der Waals surface area contributed by atoms with Crippen LogP contribution < -0.4 is 10.5 Å². The smallest absolute Gasteiger partial charge is 0.135 e. The van der Waals surface area contributed by atoms with Crippen LogP contribution in [0.1, 0.15) is 10.4 Å². The van der Waals surface area contributed by atoms with Crippen molar-refractivity contribution >= 4 is 17.0 Å². The number of nitrogens with zero attached hydrogens (tertiary/aromatic N) is 1. The van der Waals surface area contributed by atoms with Crippen LogP contribution in [0.25, 0.3) is 10.4 Å². The summed E-state index contributed by atoms with van der Waals surface area (Å²) in [6.45, 7) is 1.77. The van der Waals surface area contributed by atoms with Gasteiger partial charge in [0.15, 0.2) is 0 Å². The molecule has 0 amide bonds. The van der Waals surface area contributed by atoms with Crippen LogP contribution in [0.2, 0.25) is 0 Å². The summed E-state index contributed by atoms with van der Waals surface area (Å²) >= 11 is 1.18.